The molecule has 2 atom stereocenters. The molecule has 0 saturated heterocycles. The molecule has 2 aromatic rings. The van der Waals surface area contributed by atoms with E-state index in [4.69, 9.17) is 23.1 Å². The third kappa shape index (κ3) is 2.25. The molecular weight excluding hydrogens is 278 g/mol. The molecule has 0 radical (unpaired) electrons. The molecule has 1 amide bonds. The van der Waals surface area contributed by atoms with Gasteiger partial charge >= 0.3 is 0 Å². The first-order chi connectivity index (χ1) is 9.56. The van der Waals surface area contributed by atoms with Gasteiger partial charge in [0.05, 0.1) is 0 Å². The summed E-state index contributed by atoms with van der Waals surface area (Å²) in [6.07, 6.45) is 4.04. The van der Waals surface area contributed by atoms with Crippen LogP contribution in [0.4, 0.5) is 0 Å². The van der Waals surface area contributed by atoms with Crippen molar-refractivity contribution in [3.05, 3.63) is 28.7 Å². The Bertz CT molecular complexity index is 668. The van der Waals surface area contributed by atoms with Gasteiger partial charge in [-0.2, -0.15) is 0 Å². The predicted molar refractivity (Wildman–Crippen MR) is 75.7 cm³/mol. The number of primary amides is 1. The molecule has 1 aliphatic carbocycles. The van der Waals surface area contributed by atoms with Crippen molar-refractivity contribution < 1.29 is 4.79 Å². The van der Waals surface area contributed by atoms with Crippen molar-refractivity contribution >= 4 is 23.2 Å². The van der Waals surface area contributed by atoms with Crippen molar-refractivity contribution in [2.45, 2.75) is 37.6 Å². The molecule has 6 nitrogen and oxygen atoms in total. The van der Waals surface area contributed by atoms with Gasteiger partial charge in [0.1, 0.15) is 11.0 Å². The summed E-state index contributed by atoms with van der Waals surface area (Å²) in [5.41, 5.74) is 12.2. The summed E-state index contributed by atoms with van der Waals surface area (Å²) in [5.74, 6) is 0.542. The molecule has 7 heteroatoms. The van der Waals surface area contributed by atoms with Gasteiger partial charge < -0.3 is 11.5 Å². The standard InChI is InChI=1S/C13H16ClN5O/c14-10-5-8(12(16)20)6-11-17-18-13(19(10)11)7-2-1-3-9(15)4-7/h5-7,9H,1-4,15H2,(H2,16,20)/t7-,9+/m0/s1. The number of amides is 1. The average Bonchev–Trinajstić information content (AvgIpc) is 2.83. The fourth-order valence-electron chi connectivity index (χ4n) is 2.86. The Morgan fingerprint density at radius 2 is 2.15 bits per heavy atom. The molecule has 0 bridgehead atoms. The Morgan fingerprint density at radius 1 is 1.35 bits per heavy atom. The van der Waals surface area contributed by atoms with Gasteiger partial charge in [-0.1, -0.05) is 18.0 Å². The molecule has 1 aliphatic rings. The summed E-state index contributed by atoms with van der Waals surface area (Å²) in [4.78, 5) is 11.2. The summed E-state index contributed by atoms with van der Waals surface area (Å²) in [5, 5.41) is 8.74. The zero-order valence-corrected chi connectivity index (χ0v) is 11.7. The minimum absolute atomic E-state index is 0.199. The third-order valence-electron chi connectivity index (χ3n) is 3.85. The van der Waals surface area contributed by atoms with E-state index in [1.54, 1.807) is 16.5 Å². The number of rotatable bonds is 2. The molecule has 106 valence electrons. The van der Waals surface area contributed by atoms with E-state index in [0.29, 0.717) is 16.4 Å². The van der Waals surface area contributed by atoms with E-state index in [1.165, 1.54) is 0 Å². The largest absolute Gasteiger partial charge is 0.366 e. The van der Waals surface area contributed by atoms with Gasteiger partial charge in [0.15, 0.2) is 5.65 Å². The normalized spacial score (nSPS) is 23.1. The molecule has 3 rings (SSSR count). The lowest BCUT2D eigenvalue weighted by molar-refractivity contribution is 0.100. The highest BCUT2D eigenvalue weighted by molar-refractivity contribution is 6.30. The van der Waals surface area contributed by atoms with Gasteiger partial charge in [-0.05, 0) is 31.4 Å². The molecule has 1 fully saturated rings. The van der Waals surface area contributed by atoms with Crippen molar-refractivity contribution in [2.24, 2.45) is 11.5 Å². The lowest BCUT2D eigenvalue weighted by atomic mass is 9.85. The zero-order valence-electron chi connectivity index (χ0n) is 10.9. The van der Waals surface area contributed by atoms with Crippen molar-refractivity contribution in [1.82, 2.24) is 14.6 Å². The highest BCUT2D eigenvalue weighted by Crippen LogP contribution is 2.32. The first-order valence-electron chi connectivity index (χ1n) is 6.66. The molecule has 0 spiro atoms. The Kier molecular flexibility index (Phi) is 3.35. The van der Waals surface area contributed by atoms with E-state index >= 15 is 0 Å². The average molecular weight is 294 g/mol. The SMILES string of the molecule is NC(=O)c1cc(Cl)n2c([C@H]3CCC[C@@H](N)C3)nnc2c1. The molecular formula is C13H16ClN5O. The van der Waals surface area contributed by atoms with Gasteiger partial charge in [0, 0.05) is 17.5 Å². The Balaban J connectivity index is 2.07. The predicted octanol–water partition coefficient (Wildman–Crippen LogP) is 1.47. The maximum Gasteiger partial charge on any atom is 0.248 e. The summed E-state index contributed by atoms with van der Waals surface area (Å²) >= 11 is 6.25. The fourth-order valence-corrected chi connectivity index (χ4v) is 3.15. The summed E-state index contributed by atoms with van der Waals surface area (Å²) in [7, 11) is 0. The van der Waals surface area contributed by atoms with Crippen LogP contribution in [0.5, 0.6) is 0 Å². The highest BCUT2D eigenvalue weighted by atomic mass is 35.5. The second-order valence-electron chi connectivity index (χ2n) is 5.31. The summed E-state index contributed by atoms with van der Waals surface area (Å²) in [6.45, 7) is 0. The second kappa shape index (κ2) is 5.03. The van der Waals surface area contributed by atoms with Crippen molar-refractivity contribution in [3.8, 4) is 0 Å². The molecule has 2 aromatic heterocycles. The molecule has 0 aromatic carbocycles. The third-order valence-corrected chi connectivity index (χ3v) is 4.13. The maximum atomic E-state index is 11.2. The van der Waals surface area contributed by atoms with Crippen LogP contribution in [0.2, 0.25) is 5.15 Å². The number of nitrogens with two attached hydrogens (primary N) is 2. The number of nitrogens with zero attached hydrogens (tertiary/aromatic N) is 3. The summed E-state index contributed by atoms with van der Waals surface area (Å²) in [6, 6.07) is 3.35. The molecule has 0 unspecified atom stereocenters. The Morgan fingerprint density at radius 3 is 2.85 bits per heavy atom. The van der Waals surface area contributed by atoms with Crippen LogP contribution in [0.15, 0.2) is 12.1 Å². The van der Waals surface area contributed by atoms with Gasteiger partial charge in [-0.3, -0.25) is 9.20 Å². The lowest BCUT2D eigenvalue weighted by Gasteiger charge is -2.25. The number of hydrogen-bond acceptors (Lipinski definition) is 4. The quantitative estimate of drug-likeness (QED) is 0.819. The highest BCUT2D eigenvalue weighted by Gasteiger charge is 2.25. The smallest absolute Gasteiger partial charge is 0.248 e. The lowest BCUT2D eigenvalue weighted by Crippen LogP contribution is -2.27. The van der Waals surface area contributed by atoms with Crippen LogP contribution in [-0.4, -0.2) is 26.5 Å². The van der Waals surface area contributed by atoms with E-state index in [-0.39, 0.29) is 12.0 Å². The van der Waals surface area contributed by atoms with E-state index in [0.717, 1.165) is 31.5 Å². The Labute approximate surface area is 121 Å². The molecule has 2 heterocycles. The van der Waals surface area contributed by atoms with Crippen LogP contribution < -0.4 is 11.5 Å². The van der Waals surface area contributed by atoms with E-state index in [1.807, 2.05) is 0 Å². The molecule has 4 N–H and O–H groups in total. The topological polar surface area (TPSA) is 99.3 Å². The van der Waals surface area contributed by atoms with Gasteiger partial charge in [-0.15, -0.1) is 10.2 Å². The van der Waals surface area contributed by atoms with Crippen LogP contribution in [0.25, 0.3) is 5.65 Å². The van der Waals surface area contributed by atoms with E-state index in [2.05, 4.69) is 10.2 Å². The zero-order chi connectivity index (χ0) is 14.3. The number of hydrogen-bond donors (Lipinski definition) is 2. The van der Waals surface area contributed by atoms with Gasteiger partial charge in [-0.25, -0.2) is 0 Å². The second-order valence-corrected chi connectivity index (χ2v) is 5.69. The van der Waals surface area contributed by atoms with Crippen LogP contribution in [-0.2, 0) is 0 Å². The van der Waals surface area contributed by atoms with Gasteiger partial charge in [0.2, 0.25) is 5.91 Å². The van der Waals surface area contributed by atoms with Crippen LogP contribution in [0.1, 0.15) is 47.8 Å². The minimum Gasteiger partial charge on any atom is -0.366 e. The first-order valence-corrected chi connectivity index (χ1v) is 7.04. The van der Waals surface area contributed by atoms with E-state index < -0.39 is 5.91 Å². The summed E-state index contributed by atoms with van der Waals surface area (Å²) < 4.78 is 1.77. The number of halogens is 1. The molecule has 20 heavy (non-hydrogen) atoms. The number of aromatic nitrogens is 3. The van der Waals surface area contributed by atoms with Crippen molar-refractivity contribution in [3.63, 3.8) is 0 Å². The fraction of sp³-hybridized carbons (Fsp3) is 0.462. The van der Waals surface area contributed by atoms with Gasteiger partial charge in [0.25, 0.3) is 0 Å². The first kappa shape index (κ1) is 13.3. The molecule has 1 saturated carbocycles. The van der Waals surface area contributed by atoms with Crippen LogP contribution in [0, 0.1) is 0 Å². The van der Waals surface area contributed by atoms with Crippen LogP contribution >= 0.6 is 11.6 Å². The number of fused-ring (bicyclic) bond motifs is 1. The number of carbonyl (C=O) groups is 1. The monoisotopic (exact) mass is 293 g/mol. The number of pyridine rings is 1. The van der Waals surface area contributed by atoms with Crippen molar-refractivity contribution in [1.29, 1.82) is 0 Å². The maximum absolute atomic E-state index is 11.2. The van der Waals surface area contributed by atoms with E-state index in [9.17, 15) is 4.79 Å². The molecule has 0 aliphatic heterocycles. The minimum atomic E-state index is -0.529. The van der Waals surface area contributed by atoms with Crippen molar-refractivity contribution in [2.75, 3.05) is 0 Å². The Hall–Kier alpha value is -1.66. The van der Waals surface area contributed by atoms with Crippen LogP contribution in [0.3, 0.4) is 0 Å². The number of carbonyl (C=O) groups excluding carboxylic acids is 1.